The van der Waals surface area contributed by atoms with Gasteiger partial charge < -0.3 is 15.8 Å². The summed E-state index contributed by atoms with van der Waals surface area (Å²) in [4.78, 5) is 8.75. The molecule has 21 heavy (non-hydrogen) atoms. The number of nitrogens with zero attached hydrogens (tertiary/aromatic N) is 2. The van der Waals surface area contributed by atoms with Gasteiger partial charge in [-0.05, 0) is 24.1 Å². The summed E-state index contributed by atoms with van der Waals surface area (Å²) < 4.78 is 5.00. The second-order valence-corrected chi connectivity index (χ2v) is 4.92. The molecule has 3 N–H and O–H groups in total. The zero-order valence-corrected chi connectivity index (χ0v) is 12.5. The van der Waals surface area contributed by atoms with Crippen molar-refractivity contribution in [1.82, 2.24) is 9.97 Å². The van der Waals surface area contributed by atoms with Crippen LogP contribution >= 0.6 is 0 Å². The Morgan fingerprint density at radius 2 is 2.19 bits per heavy atom. The number of aryl methyl sites for hydroxylation is 1. The van der Waals surface area contributed by atoms with Crippen LogP contribution in [0.4, 0.5) is 5.95 Å². The maximum absolute atomic E-state index is 5.88. The van der Waals surface area contributed by atoms with Crippen molar-refractivity contribution in [3.05, 3.63) is 42.1 Å². The summed E-state index contributed by atoms with van der Waals surface area (Å²) in [6, 6.07) is 10.2. The summed E-state index contributed by atoms with van der Waals surface area (Å²) in [5.41, 5.74) is 9.17. The molecule has 5 heteroatoms. The molecule has 0 aliphatic rings. The Morgan fingerprint density at radius 1 is 1.33 bits per heavy atom. The van der Waals surface area contributed by atoms with Crippen molar-refractivity contribution in [2.75, 3.05) is 25.6 Å². The molecule has 0 spiro atoms. The fraction of sp³-hybridized carbons (Fsp3) is 0.375. The standard InChI is InChI=1S/C16H22N4O/c1-3-12-5-4-6-13(9-12)15-7-8-18-16(20-15)19-10-14(17)11-21-2/h4-9,14H,3,10-11,17H2,1-2H3,(H,18,19,20). The minimum absolute atomic E-state index is 0.0781. The van der Waals surface area contributed by atoms with Crippen LogP contribution < -0.4 is 11.1 Å². The highest BCUT2D eigenvalue weighted by Gasteiger charge is 2.05. The minimum Gasteiger partial charge on any atom is -0.383 e. The van der Waals surface area contributed by atoms with E-state index in [1.54, 1.807) is 13.3 Å². The summed E-state index contributed by atoms with van der Waals surface area (Å²) in [6.45, 7) is 3.22. The van der Waals surface area contributed by atoms with Gasteiger partial charge in [0.25, 0.3) is 0 Å². The van der Waals surface area contributed by atoms with Crippen LogP contribution in [-0.2, 0) is 11.2 Å². The van der Waals surface area contributed by atoms with Gasteiger partial charge in [0.1, 0.15) is 0 Å². The molecule has 0 saturated heterocycles. The molecule has 0 amide bonds. The Morgan fingerprint density at radius 3 is 2.95 bits per heavy atom. The lowest BCUT2D eigenvalue weighted by Gasteiger charge is -2.12. The van der Waals surface area contributed by atoms with E-state index in [9.17, 15) is 0 Å². The molecule has 1 atom stereocenters. The Hall–Kier alpha value is -1.98. The van der Waals surface area contributed by atoms with E-state index in [4.69, 9.17) is 10.5 Å². The van der Waals surface area contributed by atoms with Crippen molar-refractivity contribution in [3.63, 3.8) is 0 Å². The van der Waals surface area contributed by atoms with Gasteiger partial charge in [-0.3, -0.25) is 0 Å². The molecule has 0 bridgehead atoms. The molecule has 1 aromatic heterocycles. The smallest absolute Gasteiger partial charge is 0.223 e. The van der Waals surface area contributed by atoms with Crippen LogP contribution in [0.15, 0.2) is 36.5 Å². The van der Waals surface area contributed by atoms with Crippen molar-refractivity contribution < 1.29 is 4.74 Å². The first-order valence-corrected chi connectivity index (χ1v) is 7.13. The third-order valence-corrected chi connectivity index (χ3v) is 3.19. The molecule has 0 fully saturated rings. The van der Waals surface area contributed by atoms with E-state index < -0.39 is 0 Å². The Kier molecular flexibility index (Phi) is 5.66. The second-order valence-electron chi connectivity index (χ2n) is 4.92. The number of hydrogen-bond acceptors (Lipinski definition) is 5. The Balaban J connectivity index is 2.10. The van der Waals surface area contributed by atoms with Crippen molar-refractivity contribution in [3.8, 4) is 11.3 Å². The molecule has 0 saturated carbocycles. The Labute approximate surface area is 125 Å². The monoisotopic (exact) mass is 286 g/mol. The van der Waals surface area contributed by atoms with Gasteiger partial charge in [-0.1, -0.05) is 25.1 Å². The quantitative estimate of drug-likeness (QED) is 0.815. The number of anilines is 1. The molecule has 2 aromatic rings. The zero-order chi connectivity index (χ0) is 15.1. The first-order chi connectivity index (χ1) is 10.2. The number of methoxy groups -OCH3 is 1. The molecule has 112 valence electrons. The average Bonchev–Trinajstić information content (AvgIpc) is 2.53. The lowest BCUT2D eigenvalue weighted by Crippen LogP contribution is -2.33. The number of rotatable bonds is 7. The van der Waals surface area contributed by atoms with Crippen molar-refractivity contribution in [1.29, 1.82) is 0 Å². The summed E-state index contributed by atoms with van der Waals surface area (Å²) in [5.74, 6) is 0.584. The topological polar surface area (TPSA) is 73.1 Å². The maximum atomic E-state index is 5.88. The number of hydrogen-bond donors (Lipinski definition) is 2. The molecule has 0 aliphatic carbocycles. The molecule has 0 radical (unpaired) electrons. The normalized spacial score (nSPS) is 12.1. The van der Waals surface area contributed by atoms with Crippen molar-refractivity contribution >= 4 is 5.95 Å². The van der Waals surface area contributed by atoms with Crippen molar-refractivity contribution in [2.24, 2.45) is 5.73 Å². The van der Waals surface area contributed by atoms with Gasteiger partial charge >= 0.3 is 0 Å². The summed E-state index contributed by atoms with van der Waals surface area (Å²) in [6.07, 6.45) is 2.76. The van der Waals surface area contributed by atoms with Crippen LogP contribution in [-0.4, -0.2) is 36.3 Å². The predicted octanol–water partition coefficient (Wildman–Crippen LogP) is 2.09. The molecule has 0 aliphatic heterocycles. The van der Waals surface area contributed by atoms with E-state index in [-0.39, 0.29) is 6.04 Å². The van der Waals surface area contributed by atoms with Gasteiger partial charge in [0.2, 0.25) is 5.95 Å². The molecular weight excluding hydrogens is 264 g/mol. The number of nitrogens with two attached hydrogens (primary N) is 1. The van der Waals surface area contributed by atoms with Crippen LogP contribution in [0.5, 0.6) is 0 Å². The number of aromatic nitrogens is 2. The van der Waals surface area contributed by atoms with E-state index in [1.165, 1.54) is 5.56 Å². The first kappa shape index (κ1) is 15.4. The van der Waals surface area contributed by atoms with E-state index >= 15 is 0 Å². The van der Waals surface area contributed by atoms with Crippen LogP contribution in [0.3, 0.4) is 0 Å². The van der Waals surface area contributed by atoms with Crippen molar-refractivity contribution in [2.45, 2.75) is 19.4 Å². The molecule has 1 unspecified atom stereocenters. The average molecular weight is 286 g/mol. The molecule has 1 heterocycles. The first-order valence-electron chi connectivity index (χ1n) is 7.13. The zero-order valence-electron chi connectivity index (χ0n) is 12.5. The largest absolute Gasteiger partial charge is 0.383 e. The van der Waals surface area contributed by atoms with Gasteiger partial charge in [0.05, 0.1) is 12.3 Å². The summed E-state index contributed by atoms with van der Waals surface area (Å²) >= 11 is 0. The van der Waals surface area contributed by atoms with Gasteiger partial charge in [0, 0.05) is 31.5 Å². The van der Waals surface area contributed by atoms with Crippen LogP contribution in [0.1, 0.15) is 12.5 Å². The SMILES string of the molecule is CCc1cccc(-c2ccnc(NCC(N)COC)n2)c1. The van der Waals surface area contributed by atoms with Gasteiger partial charge in [-0.15, -0.1) is 0 Å². The third-order valence-electron chi connectivity index (χ3n) is 3.19. The fourth-order valence-electron chi connectivity index (χ4n) is 2.05. The predicted molar refractivity (Wildman–Crippen MR) is 85.2 cm³/mol. The fourth-order valence-corrected chi connectivity index (χ4v) is 2.05. The molecule has 2 rings (SSSR count). The minimum atomic E-state index is -0.0781. The molecule has 1 aromatic carbocycles. The highest BCUT2D eigenvalue weighted by molar-refractivity contribution is 5.60. The molecular formula is C16H22N4O. The highest BCUT2D eigenvalue weighted by atomic mass is 16.5. The summed E-state index contributed by atoms with van der Waals surface area (Å²) in [5, 5.41) is 3.14. The second kappa shape index (κ2) is 7.71. The van der Waals surface area contributed by atoms with Gasteiger partial charge in [-0.25, -0.2) is 9.97 Å². The lowest BCUT2D eigenvalue weighted by atomic mass is 10.1. The van der Waals surface area contributed by atoms with E-state index in [0.717, 1.165) is 17.7 Å². The van der Waals surface area contributed by atoms with Crippen LogP contribution in [0.25, 0.3) is 11.3 Å². The van der Waals surface area contributed by atoms with Crippen LogP contribution in [0, 0.1) is 0 Å². The molecule has 5 nitrogen and oxygen atoms in total. The summed E-state index contributed by atoms with van der Waals surface area (Å²) in [7, 11) is 1.64. The number of ether oxygens (including phenoxy) is 1. The number of benzene rings is 1. The lowest BCUT2D eigenvalue weighted by molar-refractivity contribution is 0.183. The van der Waals surface area contributed by atoms with Gasteiger partial charge in [0.15, 0.2) is 0 Å². The Bertz CT molecular complexity index is 574. The number of nitrogens with one attached hydrogen (secondary N) is 1. The van der Waals surface area contributed by atoms with Gasteiger partial charge in [-0.2, -0.15) is 0 Å². The maximum Gasteiger partial charge on any atom is 0.223 e. The highest BCUT2D eigenvalue weighted by Crippen LogP contribution is 2.19. The third kappa shape index (κ3) is 4.51. The van der Waals surface area contributed by atoms with E-state index in [2.05, 4.69) is 46.5 Å². The van der Waals surface area contributed by atoms with E-state index in [1.807, 2.05) is 6.07 Å². The van der Waals surface area contributed by atoms with Crippen LogP contribution in [0.2, 0.25) is 0 Å². The van der Waals surface area contributed by atoms with E-state index in [0.29, 0.717) is 19.1 Å².